The number of carbonyl (C=O) groups excluding carboxylic acids is 1. The number of hydrogen-bond acceptors (Lipinski definition) is 3. The van der Waals surface area contributed by atoms with E-state index in [1.54, 1.807) is 0 Å². The second-order valence-corrected chi connectivity index (χ2v) is 7.06. The van der Waals surface area contributed by atoms with Crippen LogP contribution in [0.1, 0.15) is 40.0 Å². The van der Waals surface area contributed by atoms with Crippen LogP contribution in [0, 0.1) is 5.82 Å². The van der Waals surface area contributed by atoms with Crippen LogP contribution >= 0.6 is 0 Å². The number of amides is 1. The Morgan fingerprint density at radius 2 is 1.83 bits per heavy atom. The van der Waals surface area contributed by atoms with Crippen LogP contribution in [0.15, 0.2) is 60.8 Å². The summed E-state index contributed by atoms with van der Waals surface area (Å²) in [5.74, 6) is -1.02. The van der Waals surface area contributed by atoms with Crippen molar-refractivity contribution in [3.05, 3.63) is 83.3 Å². The second-order valence-electron chi connectivity index (χ2n) is 7.06. The van der Waals surface area contributed by atoms with Gasteiger partial charge >= 0.3 is 6.18 Å². The monoisotopic (exact) mass is 418 g/mol. The molecule has 0 radical (unpaired) electrons. The molecular formula is C21H18F4N4O. The first-order valence-electron chi connectivity index (χ1n) is 9.31. The number of fused-ring (bicyclic) bond motifs is 1. The molecule has 30 heavy (non-hydrogen) atoms. The summed E-state index contributed by atoms with van der Waals surface area (Å²) >= 11 is 0. The lowest BCUT2D eigenvalue weighted by Crippen LogP contribution is -2.36. The SMILES string of the molecule is O=C(NCc1ccccc1)c1cnn2c1NC(c1ccc(F)cc1)CC2C(F)(F)F. The van der Waals surface area contributed by atoms with Gasteiger partial charge in [0, 0.05) is 13.0 Å². The Bertz CT molecular complexity index is 1030. The van der Waals surface area contributed by atoms with Crippen LogP contribution in [0.3, 0.4) is 0 Å². The topological polar surface area (TPSA) is 59.0 Å². The molecule has 5 nitrogen and oxygen atoms in total. The quantitative estimate of drug-likeness (QED) is 0.609. The van der Waals surface area contributed by atoms with Gasteiger partial charge < -0.3 is 10.6 Å². The number of aromatic nitrogens is 2. The number of nitrogens with zero attached hydrogens (tertiary/aromatic N) is 2. The normalized spacial score (nSPS) is 18.4. The van der Waals surface area contributed by atoms with Gasteiger partial charge in [0.25, 0.3) is 5.91 Å². The molecular weight excluding hydrogens is 400 g/mol. The Morgan fingerprint density at radius 3 is 2.50 bits per heavy atom. The molecule has 2 aromatic carbocycles. The number of hydrogen-bond donors (Lipinski definition) is 2. The molecule has 4 rings (SSSR count). The Hall–Kier alpha value is -3.36. The summed E-state index contributed by atoms with van der Waals surface area (Å²) in [5, 5.41) is 9.52. The summed E-state index contributed by atoms with van der Waals surface area (Å²) in [6, 6.07) is 11.8. The third-order valence-electron chi connectivity index (χ3n) is 5.05. The standard InChI is InChI=1S/C21H18F4N4O/c22-15-8-6-14(7-9-15)17-10-18(21(23,24)25)29-19(28-17)16(12-27-29)20(30)26-11-13-4-2-1-3-5-13/h1-9,12,17-18,28H,10-11H2,(H,26,30). The van der Waals surface area contributed by atoms with Crippen LogP contribution in [0.25, 0.3) is 0 Å². The van der Waals surface area contributed by atoms with Crippen molar-refractivity contribution >= 4 is 11.7 Å². The molecule has 0 saturated heterocycles. The molecule has 1 aliphatic heterocycles. The molecule has 2 N–H and O–H groups in total. The highest BCUT2D eigenvalue weighted by Crippen LogP contribution is 2.44. The summed E-state index contributed by atoms with van der Waals surface area (Å²) in [7, 11) is 0. The average Bonchev–Trinajstić information content (AvgIpc) is 3.16. The zero-order valence-corrected chi connectivity index (χ0v) is 15.7. The maximum absolute atomic E-state index is 13.7. The van der Waals surface area contributed by atoms with E-state index in [0.29, 0.717) is 5.56 Å². The highest BCUT2D eigenvalue weighted by Gasteiger charge is 2.47. The largest absolute Gasteiger partial charge is 0.410 e. The van der Waals surface area contributed by atoms with E-state index in [9.17, 15) is 22.4 Å². The Balaban J connectivity index is 1.62. The van der Waals surface area contributed by atoms with Gasteiger partial charge in [-0.3, -0.25) is 4.79 Å². The van der Waals surface area contributed by atoms with E-state index in [0.717, 1.165) is 16.4 Å². The molecule has 0 saturated carbocycles. The van der Waals surface area contributed by atoms with Gasteiger partial charge in [0.2, 0.25) is 0 Å². The van der Waals surface area contributed by atoms with Crippen LogP contribution in [0.5, 0.6) is 0 Å². The Kier molecular flexibility index (Phi) is 5.19. The minimum atomic E-state index is -4.56. The number of benzene rings is 2. The van der Waals surface area contributed by atoms with Gasteiger partial charge in [-0.2, -0.15) is 18.3 Å². The molecule has 0 bridgehead atoms. The molecule has 156 valence electrons. The van der Waals surface area contributed by atoms with Crippen molar-refractivity contribution in [2.45, 2.75) is 31.2 Å². The van der Waals surface area contributed by atoms with E-state index < -0.39 is 30.0 Å². The first-order valence-corrected chi connectivity index (χ1v) is 9.31. The van der Waals surface area contributed by atoms with Crippen molar-refractivity contribution in [3.63, 3.8) is 0 Å². The summed E-state index contributed by atoms with van der Waals surface area (Å²) < 4.78 is 55.2. The summed E-state index contributed by atoms with van der Waals surface area (Å²) in [6.45, 7) is 0.231. The fourth-order valence-electron chi connectivity index (χ4n) is 3.52. The highest BCUT2D eigenvalue weighted by molar-refractivity contribution is 5.98. The lowest BCUT2D eigenvalue weighted by molar-refractivity contribution is -0.173. The molecule has 1 aliphatic rings. The minimum Gasteiger partial charge on any atom is -0.363 e. The minimum absolute atomic E-state index is 0.0107. The predicted molar refractivity (Wildman–Crippen MR) is 102 cm³/mol. The van der Waals surface area contributed by atoms with Crippen LogP contribution in [0.2, 0.25) is 0 Å². The van der Waals surface area contributed by atoms with E-state index in [1.165, 1.54) is 24.3 Å². The van der Waals surface area contributed by atoms with Crippen molar-refractivity contribution in [1.82, 2.24) is 15.1 Å². The van der Waals surface area contributed by atoms with Crippen LogP contribution in [-0.4, -0.2) is 21.9 Å². The molecule has 2 unspecified atom stereocenters. The zero-order chi connectivity index (χ0) is 21.3. The van der Waals surface area contributed by atoms with Gasteiger partial charge in [-0.05, 0) is 23.3 Å². The van der Waals surface area contributed by atoms with Crippen molar-refractivity contribution in [1.29, 1.82) is 0 Å². The number of nitrogens with one attached hydrogen (secondary N) is 2. The van der Waals surface area contributed by atoms with E-state index in [4.69, 9.17) is 0 Å². The van der Waals surface area contributed by atoms with Crippen molar-refractivity contribution in [2.24, 2.45) is 0 Å². The predicted octanol–water partition coefficient (Wildman–Crippen LogP) is 4.61. The van der Waals surface area contributed by atoms with Crippen LogP contribution in [0.4, 0.5) is 23.4 Å². The molecule has 1 amide bonds. The first kappa shape index (κ1) is 19.9. The number of anilines is 1. The van der Waals surface area contributed by atoms with Crippen LogP contribution in [-0.2, 0) is 6.54 Å². The number of halogens is 4. The summed E-state index contributed by atoms with van der Waals surface area (Å²) in [6.07, 6.45) is -3.75. The van der Waals surface area contributed by atoms with Crippen molar-refractivity contribution < 1.29 is 22.4 Å². The van der Waals surface area contributed by atoms with Crippen LogP contribution < -0.4 is 10.6 Å². The van der Waals surface area contributed by atoms with Gasteiger partial charge in [-0.25, -0.2) is 9.07 Å². The molecule has 2 atom stereocenters. The summed E-state index contributed by atoms with van der Waals surface area (Å²) in [5.41, 5.74) is 1.37. The smallest absolute Gasteiger partial charge is 0.363 e. The zero-order valence-electron chi connectivity index (χ0n) is 15.7. The summed E-state index contributed by atoms with van der Waals surface area (Å²) in [4.78, 5) is 12.7. The van der Waals surface area contributed by atoms with Gasteiger partial charge in [0.1, 0.15) is 17.2 Å². The Morgan fingerprint density at radius 1 is 1.13 bits per heavy atom. The molecule has 9 heteroatoms. The fourth-order valence-corrected chi connectivity index (χ4v) is 3.52. The second kappa shape index (κ2) is 7.81. The van der Waals surface area contributed by atoms with E-state index in [-0.39, 0.29) is 24.3 Å². The third kappa shape index (κ3) is 4.00. The van der Waals surface area contributed by atoms with Gasteiger partial charge in [-0.15, -0.1) is 0 Å². The van der Waals surface area contributed by atoms with E-state index >= 15 is 0 Å². The van der Waals surface area contributed by atoms with Crippen molar-refractivity contribution in [2.75, 3.05) is 5.32 Å². The fraction of sp³-hybridized carbons (Fsp3) is 0.238. The lowest BCUT2D eigenvalue weighted by atomic mass is 9.96. The van der Waals surface area contributed by atoms with Gasteiger partial charge in [0.05, 0.1) is 12.2 Å². The number of rotatable bonds is 4. The molecule has 2 heterocycles. The molecule has 0 spiro atoms. The highest BCUT2D eigenvalue weighted by atomic mass is 19.4. The van der Waals surface area contributed by atoms with E-state index in [2.05, 4.69) is 15.7 Å². The van der Waals surface area contributed by atoms with Gasteiger partial charge in [-0.1, -0.05) is 42.5 Å². The Labute approximate surface area is 169 Å². The molecule has 0 aliphatic carbocycles. The van der Waals surface area contributed by atoms with Gasteiger partial charge in [0.15, 0.2) is 6.04 Å². The molecule has 0 fully saturated rings. The average molecular weight is 418 g/mol. The number of alkyl halides is 3. The van der Waals surface area contributed by atoms with E-state index in [1.807, 2.05) is 30.3 Å². The lowest BCUT2D eigenvalue weighted by Gasteiger charge is -2.34. The maximum atomic E-state index is 13.7. The molecule has 3 aromatic rings. The third-order valence-corrected chi connectivity index (χ3v) is 5.05. The molecule has 1 aromatic heterocycles. The number of carbonyl (C=O) groups is 1. The van der Waals surface area contributed by atoms with Crippen molar-refractivity contribution in [3.8, 4) is 0 Å². The first-order chi connectivity index (χ1) is 14.3. The maximum Gasteiger partial charge on any atom is 0.410 e.